The van der Waals surface area contributed by atoms with Crippen LogP contribution in [0.15, 0.2) is 54.4 Å². The number of ketones is 1. The molecule has 1 unspecified atom stereocenters. The predicted octanol–water partition coefficient (Wildman–Crippen LogP) is -0.250. The van der Waals surface area contributed by atoms with E-state index in [0.717, 1.165) is 32.8 Å². The van der Waals surface area contributed by atoms with Gasteiger partial charge in [-0.3, -0.25) is 14.6 Å². The van der Waals surface area contributed by atoms with E-state index in [9.17, 15) is 19.1 Å². The van der Waals surface area contributed by atoms with Crippen molar-refractivity contribution in [2.75, 3.05) is 39.4 Å². The maximum Gasteiger partial charge on any atom is 0.295 e. The van der Waals surface area contributed by atoms with Crippen molar-refractivity contribution in [2.24, 2.45) is 0 Å². The Balaban J connectivity index is 1.64. The lowest BCUT2D eigenvalue weighted by atomic mass is 9.96. The summed E-state index contributed by atoms with van der Waals surface area (Å²) in [5.74, 6) is -2.51. The van der Waals surface area contributed by atoms with Crippen LogP contribution in [-0.4, -0.2) is 61.0 Å². The third-order valence-electron chi connectivity index (χ3n) is 5.79. The predicted molar refractivity (Wildman–Crippen MR) is 108 cm³/mol. The van der Waals surface area contributed by atoms with Gasteiger partial charge in [0, 0.05) is 30.9 Å². The van der Waals surface area contributed by atoms with Gasteiger partial charge in [-0.25, -0.2) is 4.39 Å². The number of hydrogen-bond donors (Lipinski definition) is 1. The van der Waals surface area contributed by atoms with Gasteiger partial charge in [0.1, 0.15) is 18.9 Å². The van der Waals surface area contributed by atoms with E-state index in [1.165, 1.54) is 34.1 Å². The molecule has 0 bridgehead atoms. The van der Waals surface area contributed by atoms with Gasteiger partial charge in [-0.05, 0) is 35.4 Å². The average molecular weight is 425 g/mol. The Bertz CT molecular complexity index is 972. The Morgan fingerprint density at radius 2 is 1.81 bits per heavy atom. The van der Waals surface area contributed by atoms with E-state index >= 15 is 0 Å². The number of rotatable bonds is 6. The first-order valence-corrected chi connectivity index (χ1v) is 10.4. The fraction of sp³-hybridized carbons (Fsp3) is 0.348. The van der Waals surface area contributed by atoms with Crippen LogP contribution in [0.5, 0.6) is 0 Å². The van der Waals surface area contributed by atoms with Crippen molar-refractivity contribution in [1.82, 2.24) is 9.88 Å². The van der Waals surface area contributed by atoms with Gasteiger partial charge >= 0.3 is 0 Å². The summed E-state index contributed by atoms with van der Waals surface area (Å²) in [5.41, 5.74) is 0.733. The van der Waals surface area contributed by atoms with Crippen molar-refractivity contribution in [1.29, 1.82) is 0 Å². The molecule has 2 saturated heterocycles. The van der Waals surface area contributed by atoms with Crippen LogP contribution in [0.4, 0.5) is 4.39 Å². The number of carbonyl (C=O) groups is 2. The van der Waals surface area contributed by atoms with Crippen LogP contribution in [0.2, 0.25) is 0 Å². The smallest absolute Gasteiger partial charge is 0.295 e. The summed E-state index contributed by atoms with van der Waals surface area (Å²) in [6, 6.07) is 7.62. The van der Waals surface area contributed by atoms with E-state index in [1.807, 2.05) is 0 Å². The molecule has 1 N–H and O–H groups in total. The Morgan fingerprint density at radius 3 is 2.48 bits per heavy atom. The molecule has 7 nitrogen and oxygen atoms in total. The van der Waals surface area contributed by atoms with E-state index in [0.29, 0.717) is 18.5 Å². The first-order chi connectivity index (χ1) is 15.1. The third-order valence-corrected chi connectivity index (χ3v) is 5.79. The number of nitrogens with zero attached hydrogens (tertiary/aromatic N) is 2. The van der Waals surface area contributed by atoms with Gasteiger partial charge in [-0.2, -0.15) is 0 Å². The lowest BCUT2D eigenvalue weighted by Gasteiger charge is -2.28. The maximum atomic E-state index is 13.3. The highest BCUT2D eigenvalue weighted by molar-refractivity contribution is 6.46. The number of ether oxygens (including phenoxy) is 1. The fourth-order valence-corrected chi connectivity index (χ4v) is 4.16. The molecule has 2 aliphatic heterocycles. The van der Waals surface area contributed by atoms with E-state index in [2.05, 4.69) is 4.98 Å². The number of benzene rings is 1. The van der Waals surface area contributed by atoms with Crippen LogP contribution in [0, 0.1) is 5.82 Å². The first kappa shape index (κ1) is 21.1. The summed E-state index contributed by atoms with van der Waals surface area (Å²) in [5, 5.41) is 13.2. The summed E-state index contributed by atoms with van der Waals surface area (Å²) in [6.45, 7) is 4.50. The molecular formula is C23H24FN3O4. The van der Waals surface area contributed by atoms with Crippen molar-refractivity contribution < 1.29 is 28.7 Å². The van der Waals surface area contributed by atoms with Crippen molar-refractivity contribution >= 4 is 17.4 Å². The number of nitrogens with one attached hydrogen (secondary N) is 1. The van der Waals surface area contributed by atoms with Gasteiger partial charge in [0.05, 0.1) is 25.8 Å². The second-order valence-electron chi connectivity index (χ2n) is 7.73. The summed E-state index contributed by atoms with van der Waals surface area (Å²) in [6.07, 6.45) is 3.84. The summed E-state index contributed by atoms with van der Waals surface area (Å²) < 4.78 is 18.7. The average Bonchev–Trinajstić information content (AvgIpc) is 3.05. The molecule has 31 heavy (non-hydrogen) atoms. The van der Waals surface area contributed by atoms with Crippen molar-refractivity contribution in [3.8, 4) is 0 Å². The van der Waals surface area contributed by atoms with Crippen molar-refractivity contribution in [3.63, 3.8) is 0 Å². The third kappa shape index (κ3) is 4.50. The van der Waals surface area contributed by atoms with Crippen LogP contribution in [-0.2, 0) is 14.3 Å². The van der Waals surface area contributed by atoms with Gasteiger partial charge in [-0.15, -0.1) is 0 Å². The molecule has 162 valence electrons. The van der Waals surface area contributed by atoms with Gasteiger partial charge in [0.15, 0.2) is 0 Å². The minimum Gasteiger partial charge on any atom is -0.872 e. The molecule has 0 aliphatic carbocycles. The maximum absolute atomic E-state index is 13.3. The zero-order chi connectivity index (χ0) is 21.8. The van der Waals surface area contributed by atoms with E-state index < -0.39 is 29.3 Å². The zero-order valence-electron chi connectivity index (χ0n) is 17.1. The molecule has 4 rings (SSSR count). The van der Waals surface area contributed by atoms with Crippen molar-refractivity contribution in [2.45, 2.75) is 12.5 Å². The SMILES string of the molecule is O=C1C(=O)N(CCC[NH+]2CCOCC2)C(c2ccncc2)C1=C([O-])c1ccc(F)cc1. The molecule has 2 aliphatic rings. The minimum atomic E-state index is -0.796. The second kappa shape index (κ2) is 9.36. The second-order valence-corrected chi connectivity index (χ2v) is 7.73. The van der Waals surface area contributed by atoms with E-state index in [-0.39, 0.29) is 11.1 Å². The fourth-order valence-electron chi connectivity index (χ4n) is 4.16. The molecule has 1 amide bonds. The Hall–Kier alpha value is -3.10. The first-order valence-electron chi connectivity index (χ1n) is 10.4. The molecule has 1 aromatic heterocycles. The van der Waals surface area contributed by atoms with E-state index in [1.54, 1.807) is 24.5 Å². The highest BCUT2D eigenvalue weighted by atomic mass is 19.1. The van der Waals surface area contributed by atoms with Gasteiger partial charge < -0.3 is 19.6 Å². The molecule has 0 saturated carbocycles. The molecule has 0 spiro atoms. The molecule has 1 aromatic carbocycles. The van der Waals surface area contributed by atoms with Gasteiger partial charge in [0.2, 0.25) is 5.78 Å². The van der Waals surface area contributed by atoms with Gasteiger partial charge in [0.25, 0.3) is 5.91 Å². The molecule has 1 atom stereocenters. The standard InChI is InChI=1S/C23H24FN3O4/c24-18-4-2-17(3-5-18)21(28)19-20(16-6-8-25-9-7-16)27(23(30)22(19)29)11-1-10-26-12-14-31-15-13-26/h2-9,20,28H,1,10-15H2. The number of halogens is 1. The number of pyridine rings is 1. The summed E-state index contributed by atoms with van der Waals surface area (Å²) in [4.78, 5) is 32.6. The number of aromatic nitrogens is 1. The minimum absolute atomic E-state index is 0.0958. The molecular weight excluding hydrogens is 401 g/mol. The molecule has 3 heterocycles. The Labute approximate surface area is 179 Å². The largest absolute Gasteiger partial charge is 0.872 e. The van der Waals surface area contributed by atoms with Gasteiger partial charge in [-0.1, -0.05) is 17.9 Å². The zero-order valence-corrected chi connectivity index (χ0v) is 17.1. The number of quaternary nitrogens is 1. The van der Waals surface area contributed by atoms with Crippen molar-refractivity contribution in [3.05, 3.63) is 71.3 Å². The highest BCUT2D eigenvalue weighted by Gasteiger charge is 2.44. The topological polar surface area (TPSA) is 87.0 Å². The number of carbonyl (C=O) groups excluding carboxylic acids is 2. The molecule has 0 radical (unpaired) electrons. The number of likely N-dealkylation sites (tertiary alicyclic amines) is 1. The summed E-state index contributed by atoms with van der Waals surface area (Å²) >= 11 is 0. The molecule has 2 aromatic rings. The van der Waals surface area contributed by atoms with Crippen LogP contribution >= 0.6 is 0 Å². The number of Topliss-reactive ketones (excluding diaryl/α,β-unsaturated/α-hetero) is 1. The lowest BCUT2D eigenvalue weighted by molar-refractivity contribution is -0.908. The van der Waals surface area contributed by atoms with Crippen LogP contribution in [0.3, 0.4) is 0 Å². The Kier molecular flexibility index (Phi) is 6.39. The molecule has 2 fully saturated rings. The van der Waals surface area contributed by atoms with E-state index in [4.69, 9.17) is 4.74 Å². The summed E-state index contributed by atoms with van der Waals surface area (Å²) in [7, 11) is 0. The van der Waals surface area contributed by atoms with Crippen LogP contribution in [0.25, 0.3) is 5.76 Å². The van der Waals surface area contributed by atoms with Crippen LogP contribution < -0.4 is 10.0 Å². The number of amides is 1. The highest BCUT2D eigenvalue weighted by Crippen LogP contribution is 2.38. The monoisotopic (exact) mass is 425 g/mol. The quantitative estimate of drug-likeness (QED) is 0.392. The normalized spacial score (nSPS) is 21.6. The molecule has 8 heteroatoms. The number of hydrogen-bond acceptors (Lipinski definition) is 5. The van der Waals surface area contributed by atoms with Crippen LogP contribution in [0.1, 0.15) is 23.6 Å². The Morgan fingerprint density at radius 1 is 1.13 bits per heavy atom. The number of morpholine rings is 1. The lowest BCUT2D eigenvalue weighted by Crippen LogP contribution is -3.14.